The monoisotopic (exact) mass is 347 g/mol. The van der Waals surface area contributed by atoms with Crippen LogP contribution in [0.5, 0.6) is 0 Å². The third-order valence-corrected chi connectivity index (χ3v) is 6.20. The Morgan fingerprint density at radius 1 is 1.25 bits per heavy atom. The highest BCUT2D eigenvalue weighted by Crippen LogP contribution is 2.25. The summed E-state index contributed by atoms with van der Waals surface area (Å²) in [5, 5.41) is 2.95. The van der Waals surface area contributed by atoms with Crippen LogP contribution in [0.3, 0.4) is 0 Å². The number of aromatic amines is 1. The number of nitrogens with one attached hydrogen (secondary N) is 2. The molecule has 24 heavy (non-hydrogen) atoms. The summed E-state index contributed by atoms with van der Waals surface area (Å²) < 4.78 is 25.4. The molecule has 1 aliphatic rings. The van der Waals surface area contributed by atoms with Gasteiger partial charge in [0.1, 0.15) is 0 Å². The number of aromatic nitrogens is 1. The van der Waals surface area contributed by atoms with Crippen LogP contribution >= 0.6 is 0 Å². The Morgan fingerprint density at radius 2 is 1.96 bits per heavy atom. The van der Waals surface area contributed by atoms with Crippen molar-refractivity contribution < 1.29 is 13.2 Å². The molecule has 7 heteroatoms. The van der Waals surface area contributed by atoms with Crippen molar-refractivity contribution in [3.63, 3.8) is 0 Å². The van der Waals surface area contributed by atoms with Crippen LogP contribution in [0.4, 0.5) is 5.69 Å². The normalized spacial score (nSPS) is 17.7. The van der Waals surface area contributed by atoms with E-state index in [9.17, 15) is 13.2 Å². The minimum Gasteiger partial charge on any atom is -0.365 e. The largest absolute Gasteiger partial charge is 0.365 e. The van der Waals surface area contributed by atoms with Crippen LogP contribution in [0.2, 0.25) is 0 Å². The number of H-pyrrole nitrogens is 1. The van der Waals surface area contributed by atoms with Gasteiger partial charge >= 0.3 is 0 Å². The van der Waals surface area contributed by atoms with Gasteiger partial charge in [-0.25, -0.2) is 8.42 Å². The molecular formula is C17H21N3O3S. The highest BCUT2D eigenvalue weighted by Gasteiger charge is 2.28. The number of nitrogens with zero attached hydrogens (tertiary/aromatic N) is 1. The number of hydrogen-bond donors (Lipinski definition) is 2. The fourth-order valence-corrected chi connectivity index (χ4v) is 4.48. The van der Waals surface area contributed by atoms with Crippen LogP contribution in [0.15, 0.2) is 36.5 Å². The van der Waals surface area contributed by atoms with Gasteiger partial charge in [-0.05, 0) is 44.0 Å². The second-order valence-electron chi connectivity index (χ2n) is 6.04. The van der Waals surface area contributed by atoms with E-state index >= 15 is 0 Å². The number of carbonyl (C=O) groups excluding carboxylic acids is 1. The third kappa shape index (κ3) is 3.17. The molecule has 1 saturated heterocycles. The number of aryl methyl sites for hydroxylation is 1. The van der Waals surface area contributed by atoms with Crippen LogP contribution in [0, 0.1) is 6.92 Å². The third-order valence-electron chi connectivity index (χ3n) is 4.33. The van der Waals surface area contributed by atoms with Crippen LogP contribution in [-0.2, 0) is 10.0 Å². The van der Waals surface area contributed by atoms with Gasteiger partial charge in [-0.1, -0.05) is 12.1 Å². The summed E-state index contributed by atoms with van der Waals surface area (Å²) in [6.45, 7) is 4.28. The smallest absolute Gasteiger partial charge is 0.253 e. The van der Waals surface area contributed by atoms with Crippen molar-refractivity contribution in [2.24, 2.45) is 0 Å². The van der Waals surface area contributed by atoms with Gasteiger partial charge in [-0.3, -0.25) is 9.10 Å². The molecule has 1 aliphatic heterocycles. The lowest BCUT2D eigenvalue weighted by atomic mass is 10.1. The van der Waals surface area contributed by atoms with Gasteiger partial charge in [-0.15, -0.1) is 0 Å². The zero-order chi connectivity index (χ0) is 17.3. The average molecular weight is 347 g/mol. The molecule has 2 aromatic rings. The lowest BCUT2D eigenvalue weighted by Gasteiger charge is -2.19. The summed E-state index contributed by atoms with van der Waals surface area (Å²) in [7, 11) is -3.17. The fourth-order valence-electron chi connectivity index (χ4n) is 2.92. The van der Waals surface area contributed by atoms with Crippen molar-refractivity contribution in [1.29, 1.82) is 0 Å². The zero-order valence-corrected chi connectivity index (χ0v) is 14.6. The molecule has 0 radical (unpaired) electrons. The highest BCUT2D eigenvalue weighted by atomic mass is 32.2. The van der Waals surface area contributed by atoms with Crippen molar-refractivity contribution >= 4 is 21.6 Å². The zero-order valence-electron chi connectivity index (χ0n) is 13.7. The van der Waals surface area contributed by atoms with Gasteiger partial charge < -0.3 is 10.3 Å². The van der Waals surface area contributed by atoms with Crippen LogP contribution in [-0.4, -0.2) is 31.6 Å². The van der Waals surface area contributed by atoms with E-state index in [1.165, 1.54) is 4.31 Å². The Morgan fingerprint density at radius 3 is 2.50 bits per heavy atom. The minimum absolute atomic E-state index is 0.132. The molecule has 1 atom stereocenters. The summed E-state index contributed by atoms with van der Waals surface area (Å²) >= 11 is 0. The first-order valence-corrected chi connectivity index (χ1v) is 9.54. The van der Waals surface area contributed by atoms with Crippen molar-refractivity contribution in [2.45, 2.75) is 26.3 Å². The predicted octanol–water partition coefficient (Wildman–Crippen LogP) is 2.35. The maximum Gasteiger partial charge on any atom is 0.253 e. The molecule has 0 aliphatic carbocycles. The van der Waals surface area contributed by atoms with Crippen LogP contribution in [0.1, 0.15) is 41.0 Å². The van der Waals surface area contributed by atoms with Gasteiger partial charge in [0.05, 0.1) is 23.0 Å². The lowest BCUT2D eigenvalue weighted by Crippen LogP contribution is -2.27. The number of rotatable bonds is 4. The van der Waals surface area contributed by atoms with Gasteiger partial charge in [0.2, 0.25) is 10.0 Å². The minimum atomic E-state index is -3.17. The number of sulfonamides is 1. The average Bonchev–Trinajstić information content (AvgIpc) is 3.12. The van der Waals surface area contributed by atoms with E-state index < -0.39 is 10.0 Å². The lowest BCUT2D eigenvalue weighted by molar-refractivity contribution is 0.0939. The Bertz CT molecular complexity index is 840. The SMILES string of the molecule is Cc1[nH]ccc1C(=O)NC(C)c1ccc(N2CCCS2(=O)=O)cc1. The van der Waals surface area contributed by atoms with E-state index in [0.29, 0.717) is 24.2 Å². The molecule has 128 valence electrons. The van der Waals surface area contributed by atoms with E-state index in [1.807, 2.05) is 26.0 Å². The van der Waals surface area contributed by atoms with Gasteiger partial charge in [0.15, 0.2) is 0 Å². The summed E-state index contributed by atoms with van der Waals surface area (Å²) in [6, 6.07) is 8.88. The van der Waals surface area contributed by atoms with Crippen molar-refractivity contribution in [3.05, 3.63) is 53.3 Å². The molecule has 2 heterocycles. The second kappa shape index (κ2) is 6.32. The Kier molecular flexibility index (Phi) is 4.36. The molecule has 0 saturated carbocycles. The molecule has 1 fully saturated rings. The molecule has 6 nitrogen and oxygen atoms in total. The molecule has 0 spiro atoms. The van der Waals surface area contributed by atoms with Gasteiger partial charge in [0.25, 0.3) is 5.91 Å². The van der Waals surface area contributed by atoms with Crippen molar-refractivity contribution in [1.82, 2.24) is 10.3 Å². The first-order valence-electron chi connectivity index (χ1n) is 7.94. The molecule has 1 aromatic heterocycles. The summed E-state index contributed by atoms with van der Waals surface area (Å²) in [5.41, 5.74) is 3.06. The number of anilines is 1. The second-order valence-corrected chi connectivity index (χ2v) is 8.06. The van der Waals surface area contributed by atoms with E-state index in [4.69, 9.17) is 0 Å². The first kappa shape index (κ1) is 16.6. The topological polar surface area (TPSA) is 82.3 Å². The Hall–Kier alpha value is -2.28. The predicted molar refractivity (Wildman–Crippen MR) is 93.6 cm³/mol. The summed E-state index contributed by atoms with van der Waals surface area (Å²) in [5.74, 6) is 0.0736. The van der Waals surface area contributed by atoms with E-state index in [2.05, 4.69) is 10.3 Å². The van der Waals surface area contributed by atoms with E-state index in [0.717, 1.165) is 11.3 Å². The van der Waals surface area contributed by atoms with Crippen LogP contribution < -0.4 is 9.62 Å². The Balaban J connectivity index is 1.71. The number of carbonyl (C=O) groups is 1. The maximum atomic E-state index is 12.3. The van der Waals surface area contributed by atoms with Crippen molar-refractivity contribution in [3.8, 4) is 0 Å². The van der Waals surface area contributed by atoms with Gasteiger partial charge in [-0.2, -0.15) is 0 Å². The fraction of sp³-hybridized carbons (Fsp3) is 0.353. The van der Waals surface area contributed by atoms with E-state index in [-0.39, 0.29) is 17.7 Å². The van der Waals surface area contributed by atoms with Crippen molar-refractivity contribution in [2.75, 3.05) is 16.6 Å². The molecular weight excluding hydrogens is 326 g/mol. The maximum absolute atomic E-state index is 12.3. The van der Waals surface area contributed by atoms with E-state index in [1.54, 1.807) is 24.4 Å². The Labute approximate surface area is 141 Å². The summed E-state index contributed by atoms with van der Waals surface area (Å²) in [4.78, 5) is 15.2. The number of amides is 1. The standard InChI is InChI=1S/C17H21N3O3S/c1-12(19-17(21)16-8-9-18-13(16)2)14-4-6-15(7-5-14)20-10-3-11-24(20,22)23/h4-9,12,18H,3,10-11H2,1-2H3,(H,19,21). The quantitative estimate of drug-likeness (QED) is 0.891. The molecule has 3 rings (SSSR count). The number of hydrogen-bond acceptors (Lipinski definition) is 3. The van der Waals surface area contributed by atoms with Gasteiger partial charge in [0, 0.05) is 18.4 Å². The highest BCUT2D eigenvalue weighted by molar-refractivity contribution is 7.93. The molecule has 0 bridgehead atoms. The molecule has 1 unspecified atom stereocenters. The number of benzene rings is 1. The summed E-state index contributed by atoms with van der Waals surface area (Å²) in [6.07, 6.45) is 2.40. The molecule has 2 N–H and O–H groups in total. The first-order chi connectivity index (χ1) is 11.4. The molecule has 1 amide bonds. The molecule has 1 aromatic carbocycles. The van der Waals surface area contributed by atoms with Crippen LogP contribution in [0.25, 0.3) is 0 Å².